The molecular weight excluding hydrogens is 254 g/mol. The predicted molar refractivity (Wildman–Crippen MR) is 76.6 cm³/mol. The number of hydrogen-bond acceptors (Lipinski definition) is 3. The summed E-state index contributed by atoms with van der Waals surface area (Å²) in [5.74, 6) is -0.312. The predicted octanol–water partition coefficient (Wildman–Crippen LogP) is 1.82. The molecule has 5 heteroatoms. The summed E-state index contributed by atoms with van der Waals surface area (Å²) in [5, 5.41) is 8.79. The van der Waals surface area contributed by atoms with Gasteiger partial charge in [0.2, 0.25) is 0 Å². The highest BCUT2D eigenvalue weighted by Gasteiger charge is 2.12. The summed E-state index contributed by atoms with van der Waals surface area (Å²) >= 11 is 0. The average molecular weight is 271 g/mol. The molecule has 1 aromatic heterocycles. The van der Waals surface area contributed by atoms with Crippen LogP contribution in [0.1, 0.15) is 41.5 Å². The summed E-state index contributed by atoms with van der Waals surface area (Å²) in [4.78, 5) is 22.9. The third-order valence-corrected chi connectivity index (χ3v) is 3.15. The fourth-order valence-electron chi connectivity index (χ4n) is 1.87. The first kappa shape index (κ1) is 14.0. The maximum absolute atomic E-state index is 12.0. The van der Waals surface area contributed by atoms with Crippen molar-refractivity contribution in [1.29, 1.82) is 0 Å². The summed E-state index contributed by atoms with van der Waals surface area (Å²) in [7, 11) is 0. The second kappa shape index (κ2) is 6.14. The maximum Gasteiger partial charge on any atom is 0.272 e. The molecule has 5 nitrogen and oxygen atoms in total. The van der Waals surface area contributed by atoms with E-state index in [4.69, 9.17) is 0 Å². The van der Waals surface area contributed by atoms with Crippen LogP contribution in [0, 0.1) is 0 Å². The Balaban J connectivity index is 2.06. The largest absolute Gasteiger partial charge is 0.344 e. The van der Waals surface area contributed by atoms with E-state index in [1.807, 2.05) is 19.1 Å². The first-order valence-electron chi connectivity index (χ1n) is 6.55. The number of benzene rings is 1. The molecule has 104 valence electrons. The highest BCUT2D eigenvalue weighted by atomic mass is 16.2. The van der Waals surface area contributed by atoms with Crippen LogP contribution in [0.4, 0.5) is 0 Å². The zero-order valence-corrected chi connectivity index (χ0v) is 11.5. The van der Waals surface area contributed by atoms with Crippen molar-refractivity contribution in [2.45, 2.75) is 26.3 Å². The first-order chi connectivity index (χ1) is 9.60. The molecule has 20 heavy (non-hydrogen) atoms. The first-order valence-corrected chi connectivity index (χ1v) is 6.55. The van der Waals surface area contributed by atoms with E-state index < -0.39 is 0 Å². The number of hydrogen-bond donors (Lipinski definition) is 2. The maximum atomic E-state index is 12.0. The van der Waals surface area contributed by atoms with Crippen molar-refractivity contribution in [2.75, 3.05) is 0 Å². The Bertz CT molecular complexity index is 626. The van der Waals surface area contributed by atoms with Gasteiger partial charge in [0.15, 0.2) is 0 Å². The highest BCUT2D eigenvalue weighted by molar-refractivity contribution is 5.92. The molecule has 0 fully saturated rings. The smallest absolute Gasteiger partial charge is 0.272 e. The quantitative estimate of drug-likeness (QED) is 0.890. The number of nitrogens with zero attached hydrogens (tertiary/aromatic N) is 1. The van der Waals surface area contributed by atoms with Crippen LogP contribution in [0.15, 0.2) is 41.2 Å². The SMILES string of the molecule is CCc1ccc([C@H](C)NC(=O)c2ccc(=O)[nH]n2)cc1. The Hall–Kier alpha value is -2.43. The molecule has 1 amide bonds. The summed E-state index contributed by atoms with van der Waals surface area (Å²) in [6, 6.07) is 10.7. The van der Waals surface area contributed by atoms with E-state index in [2.05, 4.69) is 34.6 Å². The van der Waals surface area contributed by atoms with Gasteiger partial charge < -0.3 is 5.32 Å². The topological polar surface area (TPSA) is 74.8 Å². The van der Waals surface area contributed by atoms with Crippen LogP contribution in [-0.4, -0.2) is 16.1 Å². The highest BCUT2D eigenvalue weighted by Crippen LogP contribution is 2.14. The normalized spacial score (nSPS) is 11.9. The van der Waals surface area contributed by atoms with Gasteiger partial charge in [0, 0.05) is 6.07 Å². The number of carbonyl (C=O) groups is 1. The van der Waals surface area contributed by atoms with Crippen molar-refractivity contribution >= 4 is 5.91 Å². The van der Waals surface area contributed by atoms with E-state index in [0.717, 1.165) is 12.0 Å². The van der Waals surface area contributed by atoms with Crippen LogP contribution < -0.4 is 10.9 Å². The molecule has 0 saturated heterocycles. The molecule has 2 N–H and O–H groups in total. The summed E-state index contributed by atoms with van der Waals surface area (Å²) in [5.41, 5.74) is 2.15. The Morgan fingerprint density at radius 3 is 2.50 bits per heavy atom. The van der Waals surface area contributed by atoms with E-state index in [-0.39, 0.29) is 23.2 Å². The van der Waals surface area contributed by atoms with Crippen molar-refractivity contribution in [3.63, 3.8) is 0 Å². The van der Waals surface area contributed by atoms with Gasteiger partial charge >= 0.3 is 0 Å². The summed E-state index contributed by atoms with van der Waals surface area (Å²) in [6.07, 6.45) is 0.988. The molecule has 0 unspecified atom stereocenters. The van der Waals surface area contributed by atoms with E-state index in [0.29, 0.717) is 0 Å². The molecule has 1 heterocycles. The van der Waals surface area contributed by atoms with Gasteiger partial charge in [-0.2, -0.15) is 5.10 Å². The zero-order valence-electron chi connectivity index (χ0n) is 11.5. The number of nitrogens with one attached hydrogen (secondary N) is 2. The van der Waals surface area contributed by atoms with E-state index in [9.17, 15) is 9.59 Å². The molecule has 0 spiro atoms. The van der Waals surface area contributed by atoms with E-state index >= 15 is 0 Å². The van der Waals surface area contributed by atoms with Gasteiger partial charge in [0.25, 0.3) is 11.5 Å². The van der Waals surface area contributed by atoms with Crippen molar-refractivity contribution in [2.24, 2.45) is 0 Å². The van der Waals surface area contributed by atoms with Crippen molar-refractivity contribution in [3.05, 3.63) is 63.6 Å². The fraction of sp³-hybridized carbons (Fsp3) is 0.267. The molecule has 2 aromatic rings. The minimum atomic E-state index is -0.329. The third-order valence-electron chi connectivity index (χ3n) is 3.15. The fourth-order valence-corrected chi connectivity index (χ4v) is 1.87. The number of carbonyl (C=O) groups excluding carboxylic acids is 1. The number of H-pyrrole nitrogens is 1. The molecular formula is C15H17N3O2. The van der Waals surface area contributed by atoms with Crippen LogP contribution in [0.2, 0.25) is 0 Å². The standard InChI is InChI=1S/C15H17N3O2/c1-3-11-4-6-12(7-5-11)10(2)16-15(20)13-8-9-14(19)18-17-13/h4-10H,3H2,1-2H3,(H,16,20)(H,18,19)/t10-/m0/s1. The Kier molecular flexibility index (Phi) is 4.30. The van der Waals surface area contributed by atoms with Crippen LogP contribution in [-0.2, 0) is 6.42 Å². The number of rotatable bonds is 4. The minimum absolute atomic E-state index is 0.123. The Labute approximate surface area is 117 Å². The number of aryl methyl sites for hydroxylation is 1. The van der Waals surface area contributed by atoms with Crippen molar-refractivity contribution in [1.82, 2.24) is 15.5 Å². The summed E-state index contributed by atoms with van der Waals surface area (Å²) < 4.78 is 0. The number of aromatic amines is 1. The third kappa shape index (κ3) is 3.32. The number of aromatic nitrogens is 2. The molecule has 0 bridgehead atoms. The molecule has 0 aliphatic heterocycles. The lowest BCUT2D eigenvalue weighted by Gasteiger charge is -2.14. The molecule has 0 radical (unpaired) electrons. The molecule has 1 aromatic carbocycles. The van der Waals surface area contributed by atoms with Gasteiger partial charge in [0.05, 0.1) is 6.04 Å². The lowest BCUT2D eigenvalue weighted by molar-refractivity contribution is 0.0933. The van der Waals surface area contributed by atoms with Gasteiger partial charge in [-0.15, -0.1) is 0 Å². The molecule has 1 atom stereocenters. The molecule has 0 aliphatic carbocycles. The van der Waals surface area contributed by atoms with Crippen molar-refractivity contribution < 1.29 is 4.79 Å². The minimum Gasteiger partial charge on any atom is -0.344 e. The second-order valence-electron chi connectivity index (χ2n) is 4.60. The van der Waals surface area contributed by atoms with Gasteiger partial charge in [-0.3, -0.25) is 9.59 Å². The lowest BCUT2D eigenvalue weighted by atomic mass is 10.0. The van der Waals surface area contributed by atoms with Crippen LogP contribution in [0.25, 0.3) is 0 Å². The average Bonchev–Trinajstić information content (AvgIpc) is 2.48. The monoisotopic (exact) mass is 271 g/mol. The van der Waals surface area contributed by atoms with Gasteiger partial charge in [-0.1, -0.05) is 31.2 Å². The van der Waals surface area contributed by atoms with E-state index in [1.54, 1.807) is 0 Å². The van der Waals surface area contributed by atoms with E-state index in [1.165, 1.54) is 17.7 Å². The van der Waals surface area contributed by atoms with Crippen LogP contribution in [0.5, 0.6) is 0 Å². The van der Waals surface area contributed by atoms with Crippen LogP contribution in [0.3, 0.4) is 0 Å². The van der Waals surface area contributed by atoms with Crippen molar-refractivity contribution in [3.8, 4) is 0 Å². The molecule has 0 aliphatic rings. The molecule has 0 saturated carbocycles. The molecule has 2 rings (SSSR count). The lowest BCUT2D eigenvalue weighted by Crippen LogP contribution is -2.28. The zero-order chi connectivity index (χ0) is 14.5. The second-order valence-corrected chi connectivity index (χ2v) is 4.60. The van der Waals surface area contributed by atoms with Gasteiger partial charge in [0.1, 0.15) is 5.69 Å². The summed E-state index contributed by atoms with van der Waals surface area (Å²) in [6.45, 7) is 4.01. The number of amides is 1. The van der Waals surface area contributed by atoms with Gasteiger partial charge in [-0.25, -0.2) is 5.10 Å². The Morgan fingerprint density at radius 1 is 1.25 bits per heavy atom. The van der Waals surface area contributed by atoms with Crippen LogP contribution >= 0.6 is 0 Å². The Morgan fingerprint density at radius 2 is 1.95 bits per heavy atom. The van der Waals surface area contributed by atoms with Gasteiger partial charge in [-0.05, 0) is 30.5 Å².